The van der Waals surface area contributed by atoms with Crippen molar-refractivity contribution in [3.63, 3.8) is 0 Å². The van der Waals surface area contributed by atoms with E-state index in [-0.39, 0.29) is 0 Å². The molecule has 1 aromatic carbocycles. The van der Waals surface area contributed by atoms with E-state index in [1.807, 2.05) is 19.1 Å². The van der Waals surface area contributed by atoms with Gasteiger partial charge in [-0.2, -0.15) is 0 Å². The number of anilines is 1. The molecule has 1 atom stereocenters. The number of hydrogen-bond acceptors (Lipinski definition) is 5. The van der Waals surface area contributed by atoms with Crippen LogP contribution in [0.4, 0.5) is 5.82 Å². The molecule has 2 saturated heterocycles. The third-order valence-electron chi connectivity index (χ3n) is 5.18. The van der Waals surface area contributed by atoms with Gasteiger partial charge in [0.1, 0.15) is 11.6 Å². The SMILES string of the molecule is Cc1nc([C@H]2CCOC2)cc(N2CCN(Cc3cccc(Cl)c3)CC2)n1. The summed E-state index contributed by atoms with van der Waals surface area (Å²) in [7, 11) is 0. The molecule has 0 bridgehead atoms. The quantitative estimate of drug-likeness (QED) is 0.824. The van der Waals surface area contributed by atoms with Crippen LogP contribution in [0.15, 0.2) is 30.3 Å². The number of nitrogens with zero attached hydrogens (tertiary/aromatic N) is 4. The number of rotatable bonds is 4. The van der Waals surface area contributed by atoms with Gasteiger partial charge in [0.2, 0.25) is 0 Å². The molecule has 4 rings (SSSR count). The van der Waals surface area contributed by atoms with Crippen molar-refractivity contribution in [2.75, 3.05) is 44.3 Å². The lowest BCUT2D eigenvalue weighted by Crippen LogP contribution is -2.46. The summed E-state index contributed by atoms with van der Waals surface area (Å²) in [6, 6.07) is 10.3. The van der Waals surface area contributed by atoms with Gasteiger partial charge >= 0.3 is 0 Å². The van der Waals surface area contributed by atoms with Crippen LogP contribution in [-0.4, -0.2) is 54.3 Å². The van der Waals surface area contributed by atoms with Crippen LogP contribution in [0.1, 0.15) is 29.4 Å². The molecule has 2 fully saturated rings. The second-order valence-corrected chi connectivity index (χ2v) is 7.59. The number of halogens is 1. The molecule has 2 aromatic rings. The number of aryl methyl sites for hydroxylation is 1. The van der Waals surface area contributed by atoms with Gasteiger partial charge in [-0.05, 0) is 31.0 Å². The zero-order valence-corrected chi connectivity index (χ0v) is 16.0. The molecule has 0 radical (unpaired) electrons. The molecule has 1 aromatic heterocycles. The molecule has 138 valence electrons. The summed E-state index contributed by atoms with van der Waals surface area (Å²) in [5.41, 5.74) is 2.40. The molecule has 0 amide bonds. The molecular weight excluding hydrogens is 348 g/mol. The highest BCUT2D eigenvalue weighted by Gasteiger charge is 2.23. The minimum atomic E-state index is 0.416. The molecule has 0 spiro atoms. The standard InChI is InChI=1S/C20H25ClN4O/c1-15-22-19(17-5-10-26-14-17)12-20(23-15)25-8-6-24(7-9-25)13-16-3-2-4-18(21)11-16/h2-4,11-12,17H,5-10,13-14H2,1H3/t17-/m0/s1. The monoisotopic (exact) mass is 372 g/mol. The maximum absolute atomic E-state index is 6.10. The van der Waals surface area contributed by atoms with Crippen LogP contribution < -0.4 is 4.90 Å². The van der Waals surface area contributed by atoms with Gasteiger partial charge < -0.3 is 9.64 Å². The highest BCUT2D eigenvalue weighted by Crippen LogP contribution is 2.26. The summed E-state index contributed by atoms with van der Waals surface area (Å²) >= 11 is 6.10. The Bertz CT molecular complexity index is 755. The van der Waals surface area contributed by atoms with E-state index >= 15 is 0 Å². The minimum Gasteiger partial charge on any atom is -0.381 e. The fourth-order valence-electron chi connectivity index (χ4n) is 3.74. The van der Waals surface area contributed by atoms with E-state index in [1.54, 1.807) is 0 Å². The predicted molar refractivity (Wildman–Crippen MR) is 104 cm³/mol. The zero-order chi connectivity index (χ0) is 17.9. The van der Waals surface area contributed by atoms with Crippen LogP contribution in [0.2, 0.25) is 5.02 Å². The molecule has 26 heavy (non-hydrogen) atoms. The van der Waals surface area contributed by atoms with Gasteiger partial charge in [-0.15, -0.1) is 0 Å². The van der Waals surface area contributed by atoms with Crippen LogP contribution in [0.25, 0.3) is 0 Å². The number of benzene rings is 1. The third kappa shape index (κ3) is 4.17. The van der Waals surface area contributed by atoms with Gasteiger partial charge in [0.15, 0.2) is 0 Å². The molecule has 0 aliphatic carbocycles. The summed E-state index contributed by atoms with van der Waals surface area (Å²) in [6.07, 6.45) is 1.06. The second-order valence-electron chi connectivity index (χ2n) is 7.15. The van der Waals surface area contributed by atoms with Crippen molar-refractivity contribution in [1.29, 1.82) is 0 Å². The number of aromatic nitrogens is 2. The Morgan fingerprint density at radius 3 is 2.73 bits per heavy atom. The Morgan fingerprint density at radius 1 is 1.15 bits per heavy atom. The van der Waals surface area contributed by atoms with Crippen molar-refractivity contribution in [1.82, 2.24) is 14.9 Å². The zero-order valence-electron chi connectivity index (χ0n) is 15.2. The van der Waals surface area contributed by atoms with Crippen LogP contribution in [-0.2, 0) is 11.3 Å². The van der Waals surface area contributed by atoms with Crippen molar-refractivity contribution in [2.24, 2.45) is 0 Å². The second kappa shape index (κ2) is 7.91. The van der Waals surface area contributed by atoms with Crippen LogP contribution in [0.5, 0.6) is 0 Å². The molecule has 5 nitrogen and oxygen atoms in total. The third-order valence-corrected chi connectivity index (χ3v) is 5.42. The van der Waals surface area contributed by atoms with E-state index in [9.17, 15) is 0 Å². The lowest BCUT2D eigenvalue weighted by atomic mass is 10.0. The highest BCUT2D eigenvalue weighted by atomic mass is 35.5. The van der Waals surface area contributed by atoms with E-state index < -0.39 is 0 Å². The summed E-state index contributed by atoms with van der Waals surface area (Å²) < 4.78 is 5.53. The molecule has 0 unspecified atom stereocenters. The Morgan fingerprint density at radius 2 is 2.00 bits per heavy atom. The first kappa shape index (κ1) is 17.7. The first-order valence-electron chi connectivity index (χ1n) is 9.32. The normalized spacial score (nSPS) is 21.3. The smallest absolute Gasteiger partial charge is 0.132 e. The van der Waals surface area contributed by atoms with Gasteiger partial charge in [0, 0.05) is 56.3 Å². The first-order valence-corrected chi connectivity index (χ1v) is 9.70. The molecular formula is C20H25ClN4O. The van der Waals surface area contributed by atoms with Crippen molar-refractivity contribution in [2.45, 2.75) is 25.8 Å². The van der Waals surface area contributed by atoms with Crippen LogP contribution in [0.3, 0.4) is 0 Å². The summed E-state index contributed by atoms with van der Waals surface area (Å²) in [5, 5.41) is 0.806. The Balaban J connectivity index is 1.40. The molecule has 0 N–H and O–H groups in total. The van der Waals surface area contributed by atoms with Crippen LogP contribution in [0, 0.1) is 6.92 Å². The lowest BCUT2D eigenvalue weighted by molar-refractivity contribution is 0.193. The van der Waals surface area contributed by atoms with E-state index in [0.717, 1.165) is 74.7 Å². The number of hydrogen-bond donors (Lipinski definition) is 0. The highest BCUT2D eigenvalue weighted by molar-refractivity contribution is 6.30. The Kier molecular flexibility index (Phi) is 5.38. The van der Waals surface area contributed by atoms with Gasteiger partial charge in [-0.1, -0.05) is 23.7 Å². The maximum Gasteiger partial charge on any atom is 0.132 e. The maximum atomic E-state index is 6.10. The molecule has 0 saturated carbocycles. The molecule has 6 heteroatoms. The fourth-order valence-corrected chi connectivity index (χ4v) is 3.95. The van der Waals surface area contributed by atoms with Crippen molar-refractivity contribution >= 4 is 17.4 Å². The molecule has 2 aliphatic rings. The lowest BCUT2D eigenvalue weighted by Gasteiger charge is -2.35. The Labute approximate surface area is 160 Å². The van der Waals surface area contributed by atoms with Gasteiger partial charge in [-0.3, -0.25) is 4.90 Å². The predicted octanol–water partition coefficient (Wildman–Crippen LogP) is 3.26. The van der Waals surface area contributed by atoms with E-state index in [1.165, 1.54) is 5.56 Å². The van der Waals surface area contributed by atoms with E-state index in [2.05, 4.69) is 38.0 Å². The van der Waals surface area contributed by atoms with Crippen molar-refractivity contribution < 1.29 is 4.74 Å². The Hall–Kier alpha value is -1.69. The molecule has 2 aliphatic heterocycles. The van der Waals surface area contributed by atoms with Crippen molar-refractivity contribution in [3.05, 3.63) is 52.4 Å². The largest absolute Gasteiger partial charge is 0.381 e. The fraction of sp³-hybridized carbons (Fsp3) is 0.500. The van der Waals surface area contributed by atoms with Gasteiger partial charge in [-0.25, -0.2) is 9.97 Å². The average molecular weight is 373 g/mol. The minimum absolute atomic E-state index is 0.416. The van der Waals surface area contributed by atoms with E-state index in [4.69, 9.17) is 16.3 Å². The van der Waals surface area contributed by atoms with Crippen LogP contribution >= 0.6 is 11.6 Å². The van der Waals surface area contributed by atoms with Gasteiger partial charge in [0.25, 0.3) is 0 Å². The number of ether oxygens (including phenoxy) is 1. The summed E-state index contributed by atoms with van der Waals surface area (Å²) in [5.74, 6) is 2.33. The average Bonchev–Trinajstić information content (AvgIpc) is 3.17. The summed E-state index contributed by atoms with van der Waals surface area (Å²) in [6.45, 7) is 8.57. The summed E-state index contributed by atoms with van der Waals surface area (Å²) in [4.78, 5) is 14.2. The topological polar surface area (TPSA) is 41.5 Å². The first-order chi connectivity index (χ1) is 12.7. The van der Waals surface area contributed by atoms with E-state index in [0.29, 0.717) is 5.92 Å². The molecule has 3 heterocycles. The van der Waals surface area contributed by atoms with Crippen molar-refractivity contribution in [3.8, 4) is 0 Å². The van der Waals surface area contributed by atoms with Gasteiger partial charge in [0.05, 0.1) is 12.3 Å². The number of piperazine rings is 1.